The lowest BCUT2D eigenvalue weighted by molar-refractivity contribution is 0.141. The molecule has 2 nitrogen and oxygen atoms in total. The molecule has 66 valence electrons. The fourth-order valence-electron chi connectivity index (χ4n) is 0.870. The van der Waals surface area contributed by atoms with Gasteiger partial charge in [0.2, 0.25) is 0 Å². The van der Waals surface area contributed by atoms with Gasteiger partial charge in [0, 0.05) is 10.0 Å². The zero-order valence-electron chi connectivity index (χ0n) is 6.17. The number of halogens is 2. The predicted molar refractivity (Wildman–Crippen MR) is 46.7 cm³/mol. The van der Waals surface area contributed by atoms with Crippen LogP contribution in [0.15, 0.2) is 22.7 Å². The Labute approximate surface area is 77.8 Å². The van der Waals surface area contributed by atoms with Gasteiger partial charge in [0.25, 0.3) is 0 Å². The smallest absolute Gasteiger partial charge is 0.120 e. The molecule has 0 aromatic heterocycles. The Bertz CT molecular complexity index is 278. The summed E-state index contributed by atoms with van der Waals surface area (Å²) in [7, 11) is 0. The van der Waals surface area contributed by atoms with Gasteiger partial charge in [-0.2, -0.15) is 0 Å². The topological polar surface area (TPSA) is 40.5 Å². The maximum atomic E-state index is 12.0. The molecule has 2 N–H and O–H groups in total. The van der Waals surface area contributed by atoms with E-state index < -0.39 is 12.8 Å². The van der Waals surface area contributed by atoms with Gasteiger partial charge in [0.15, 0.2) is 0 Å². The van der Waals surface area contributed by atoms with Gasteiger partial charge in [-0.15, -0.1) is 0 Å². The monoisotopic (exact) mass is 234 g/mol. The summed E-state index contributed by atoms with van der Waals surface area (Å²) in [4.78, 5) is 0. The first-order valence-corrected chi connectivity index (χ1v) is 4.17. The van der Waals surface area contributed by atoms with Crippen LogP contribution in [-0.2, 0) is 0 Å². The Balaban J connectivity index is 3.04. The standard InChI is InChI=1S/C8H8BrFO2/c9-7-2-1-5(11)3-6(7)8(12)4-10/h1-3,8,11-12H,4H2. The zero-order chi connectivity index (χ0) is 9.14. The third-order valence-corrected chi connectivity index (χ3v) is 2.21. The third kappa shape index (κ3) is 1.95. The van der Waals surface area contributed by atoms with Crippen molar-refractivity contribution in [3.05, 3.63) is 28.2 Å². The average molecular weight is 235 g/mol. The number of aliphatic hydroxyl groups is 1. The molecule has 1 atom stereocenters. The second-order valence-electron chi connectivity index (χ2n) is 2.38. The Kier molecular flexibility index (Phi) is 3.05. The fourth-order valence-corrected chi connectivity index (χ4v) is 1.38. The van der Waals surface area contributed by atoms with Crippen LogP contribution in [0.1, 0.15) is 11.7 Å². The van der Waals surface area contributed by atoms with Crippen molar-refractivity contribution in [1.82, 2.24) is 0 Å². The maximum Gasteiger partial charge on any atom is 0.120 e. The minimum Gasteiger partial charge on any atom is -0.508 e. The lowest BCUT2D eigenvalue weighted by Crippen LogP contribution is -1.99. The molecule has 0 heterocycles. The lowest BCUT2D eigenvalue weighted by Gasteiger charge is -2.08. The summed E-state index contributed by atoms with van der Waals surface area (Å²) in [6.45, 7) is -0.859. The van der Waals surface area contributed by atoms with E-state index in [-0.39, 0.29) is 5.75 Å². The molecule has 0 saturated carbocycles. The molecule has 1 unspecified atom stereocenters. The minimum absolute atomic E-state index is 0.0145. The number of aliphatic hydroxyl groups excluding tert-OH is 1. The number of phenols is 1. The van der Waals surface area contributed by atoms with Crippen molar-refractivity contribution in [2.75, 3.05) is 6.67 Å². The zero-order valence-corrected chi connectivity index (χ0v) is 7.75. The largest absolute Gasteiger partial charge is 0.508 e. The van der Waals surface area contributed by atoms with E-state index in [1.54, 1.807) is 6.07 Å². The van der Waals surface area contributed by atoms with Gasteiger partial charge >= 0.3 is 0 Å². The van der Waals surface area contributed by atoms with Gasteiger partial charge in [-0.3, -0.25) is 0 Å². The van der Waals surface area contributed by atoms with Crippen LogP contribution in [0.2, 0.25) is 0 Å². The number of alkyl halides is 1. The number of hydrogen-bond donors (Lipinski definition) is 2. The van der Waals surface area contributed by atoms with Crippen LogP contribution in [0.5, 0.6) is 5.75 Å². The first-order chi connectivity index (χ1) is 5.65. The van der Waals surface area contributed by atoms with Crippen molar-refractivity contribution in [2.45, 2.75) is 6.10 Å². The van der Waals surface area contributed by atoms with Gasteiger partial charge in [-0.1, -0.05) is 15.9 Å². The molecule has 0 saturated heterocycles. The lowest BCUT2D eigenvalue weighted by atomic mass is 10.1. The summed E-state index contributed by atoms with van der Waals surface area (Å²) < 4.78 is 12.6. The number of hydrogen-bond acceptors (Lipinski definition) is 2. The summed E-state index contributed by atoms with van der Waals surface area (Å²) in [6, 6.07) is 4.34. The van der Waals surface area contributed by atoms with Crippen LogP contribution in [0.3, 0.4) is 0 Å². The number of benzene rings is 1. The Morgan fingerprint density at radius 2 is 2.17 bits per heavy atom. The average Bonchev–Trinajstić information content (AvgIpc) is 2.08. The van der Waals surface area contributed by atoms with E-state index in [4.69, 9.17) is 10.2 Å². The molecule has 0 aliphatic carbocycles. The van der Waals surface area contributed by atoms with E-state index in [0.29, 0.717) is 10.0 Å². The second-order valence-corrected chi connectivity index (χ2v) is 3.23. The molecule has 1 rings (SSSR count). The predicted octanol–water partition coefficient (Wildman–Crippen LogP) is 2.16. The Morgan fingerprint density at radius 1 is 1.50 bits per heavy atom. The minimum atomic E-state index is -1.17. The van der Waals surface area contributed by atoms with Crippen LogP contribution < -0.4 is 0 Å². The van der Waals surface area contributed by atoms with Crippen LogP contribution in [0.25, 0.3) is 0 Å². The summed E-state index contributed by atoms with van der Waals surface area (Å²) in [5.41, 5.74) is 0.359. The van der Waals surface area contributed by atoms with E-state index >= 15 is 0 Å². The van der Waals surface area contributed by atoms with Crippen LogP contribution in [0.4, 0.5) is 4.39 Å². The van der Waals surface area contributed by atoms with E-state index in [1.165, 1.54) is 12.1 Å². The van der Waals surface area contributed by atoms with Crippen molar-refractivity contribution >= 4 is 15.9 Å². The first kappa shape index (κ1) is 9.48. The SMILES string of the molecule is Oc1ccc(Br)c(C(O)CF)c1. The van der Waals surface area contributed by atoms with Crippen molar-refractivity contribution < 1.29 is 14.6 Å². The highest BCUT2D eigenvalue weighted by Crippen LogP contribution is 2.27. The van der Waals surface area contributed by atoms with Gasteiger partial charge in [-0.05, 0) is 18.2 Å². The van der Waals surface area contributed by atoms with E-state index in [0.717, 1.165) is 0 Å². The maximum absolute atomic E-state index is 12.0. The molecule has 1 aromatic rings. The summed E-state index contributed by atoms with van der Waals surface area (Å²) >= 11 is 3.13. The molecule has 0 aliphatic heterocycles. The van der Waals surface area contributed by atoms with Crippen LogP contribution in [0, 0.1) is 0 Å². The molecular formula is C8H8BrFO2. The van der Waals surface area contributed by atoms with Crippen LogP contribution in [-0.4, -0.2) is 16.9 Å². The van der Waals surface area contributed by atoms with Gasteiger partial charge in [0.1, 0.15) is 18.5 Å². The normalized spacial score (nSPS) is 12.9. The molecule has 0 aliphatic rings. The molecule has 0 bridgehead atoms. The summed E-state index contributed by atoms with van der Waals surface area (Å²) in [6.07, 6.45) is -1.17. The molecule has 4 heteroatoms. The highest BCUT2D eigenvalue weighted by Gasteiger charge is 2.10. The molecule has 1 aromatic carbocycles. The van der Waals surface area contributed by atoms with Crippen molar-refractivity contribution in [2.24, 2.45) is 0 Å². The molecule has 0 radical (unpaired) electrons. The fraction of sp³-hybridized carbons (Fsp3) is 0.250. The Morgan fingerprint density at radius 3 is 2.75 bits per heavy atom. The molecule has 0 fully saturated rings. The van der Waals surface area contributed by atoms with E-state index in [2.05, 4.69) is 15.9 Å². The highest BCUT2D eigenvalue weighted by atomic mass is 79.9. The highest BCUT2D eigenvalue weighted by molar-refractivity contribution is 9.10. The Hall–Kier alpha value is -0.610. The number of rotatable bonds is 2. The number of aromatic hydroxyl groups is 1. The van der Waals surface area contributed by atoms with Gasteiger partial charge < -0.3 is 10.2 Å². The van der Waals surface area contributed by atoms with Gasteiger partial charge in [-0.25, -0.2) is 4.39 Å². The molecule has 0 amide bonds. The third-order valence-electron chi connectivity index (χ3n) is 1.48. The van der Waals surface area contributed by atoms with E-state index in [1.807, 2.05) is 0 Å². The molecule has 12 heavy (non-hydrogen) atoms. The van der Waals surface area contributed by atoms with Crippen molar-refractivity contribution in [3.63, 3.8) is 0 Å². The first-order valence-electron chi connectivity index (χ1n) is 3.37. The molecular weight excluding hydrogens is 227 g/mol. The quantitative estimate of drug-likeness (QED) is 0.824. The molecule has 0 spiro atoms. The van der Waals surface area contributed by atoms with Gasteiger partial charge in [0.05, 0.1) is 0 Å². The number of phenolic OH excluding ortho intramolecular Hbond substituents is 1. The summed E-state index contributed by atoms with van der Waals surface area (Å²) in [5.74, 6) is 0.0145. The summed E-state index contributed by atoms with van der Waals surface area (Å²) in [5, 5.41) is 18.1. The van der Waals surface area contributed by atoms with Crippen molar-refractivity contribution in [3.8, 4) is 5.75 Å². The second kappa shape index (κ2) is 3.87. The van der Waals surface area contributed by atoms with E-state index in [9.17, 15) is 4.39 Å². The van der Waals surface area contributed by atoms with Crippen LogP contribution >= 0.6 is 15.9 Å². The van der Waals surface area contributed by atoms with Crippen molar-refractivity contribution in [1.29, 1.82) is 0 Å².